The van der Waals surface area contributed by atoms with Crippen LogP contribution in [0.5, 0.6) is 5.75 Å². The van der Waals surface area contributed by atoms with E-state index in [-0.39, 0.29) is 17.9 Å². The summed E-state index contributed by atoms with van der Waals surface area (Å²) >= 11 is 5.99. The van der Waals surface area contributed by atoms with E-state index in [2.05, 4.69) is 5.32 Å². The first-order valence-electron chi connectivity index (χ1n) is 6.32. The molecule has 102 valence electrons. The van der Waals surface area contributed by atoms with Crippen LogP contribution in [0.25, 0.3) is 0 Å². The van der Waals surface area contributed by atoms with Crippen LogP contribution in [0.1, 0.15) is 37.8 Å². The van der Waals surface area contributed by atoms with Gasteiger partial charge < -0.3 is 15.5 Å². The predicted molar refractivity (Wildman–Crippen MR) is 75.1 cm³/mol. The molecule has 0 aromatic heterocycles. The lowest BCUT2D eigenvalue weighted by Gasteiger charge is -2.31. The zero-order chi connectivity index (χ0) is 13.8. The summed E-state index contributed by atoms with van der Waals surface area (Å²) in [6.07, 6.45) is 1.67. The minimum absolute atomic E-state index is 0.0836. The van der Waals surface area contributed by atoms with Crippen LogP contribution in [-0.2, 0) is 6.54 Å². The number of aliphatic hydroxyl groups excluding tert-OH is 1. The first-order chi connectivity index (χ1) is 8.48. The van der Waals surface area contributed by atoms with Gasteiger partial charge in [-0.3, -0.25) is 0 Å². The van der Waals surface area contributed by atoms with Crippen LogP contribution in [0.3, 0.4) is 0 Å². The third-order valence-corrected chi connectivity index (χ3v) is 3.87. The van der Waals surface area contributed by atoms with E-state index in [0.717, 1.165) is 24.0 Å². The van der Waals surface area contributed by atoms with Gasteiger partial charge in [-0.15, -0.1) is 0 Å². The Hall–Kier alpha value is -0.770. The van der Waals surface area contributed by atoms with Gasteiger partial charge in [-0.25, -0.2) is 0 Å². The van der Waals surface area contributed by atoms with Gasteiger partial charge in [-0.2, -0.15) is 0 Å². The predicted octanol–water partition coefficient (Wildman–Crippen LogP) is 2.99. The number of nitrogens with one attached hydrogen (secondary N) is 1. The lowest BCUT2D eigenvalue weighted by molar-refractivity contribution is 0.149. The van der Waals surface area contributed by atoms with Crippen molar-refractivity contribution in [1.82, 2.24) is 5.32 Å². The van der Waals surface area contributed by atoms with Gasteiger partial charge >= 0.3 is 0 Å². The van der Waals surface area contributed by atoms with Crippen LogP contribution < -0.4 is 5.32 Å². The van der Waals surface area contributed by atoms with Crippen molar-refractivity contribution in [2.45, 2.75) is 45.7 Å². The monoisotopic (exact) mass is 271 g/mol. The van der Waals surface area contributed by atoms with Gasteiger partial charge in [0.2, 0.25) is 0 Å². The fourth-order valence-electron chi connectivity index (χ4n) is 2.00. The van der Waals surface area contributed by atoms with Gasteiger partial charge in [0, 0.05) is 22.7 Å². The van der Waals surface area contributed by atoms with E-state index in [9.17, 15) is 10.2 Å². The molecule has 0 saturated heterocycles. The van der Waals surface area contributed by atoms with Crippen LogP contribution >= 0.6 is 11.6 Å². The molecule has 0 saturated carbocycles. The number of rotatable bonds is 6. The summed E-state index contributed by atoms with van der Waals surface area (Å²) in [6, 6.07) is 3.49. The van der Waals surface area contributed by atoms with Crippen LogP contribution in [0.2, 0.25) is 5.02 Å². The van der Waals surface area contributed by atoms with Crippen molar-refractivity contribution in [3.05, 3.63) is 28.3 Å². The maximum absolute atomic E-state index is 9.98. The molecule has 1 rings (SSSR count). The van der Waals surface area contributed by atoms with Crippen molar-refractivity contribution in [3.63, 3.8) is 0 Å². The Labute approximate surface area is 114 Å². The Morgan fingerprint density at radius 3 is 2.39 bits per heavy atom. The molecule has 0 unspecified atom stereocenters. The zero-order valence-corrected chi connectivity index (χ0v) is 12.0. The van der Waals surface area contributed by atoms with Gasteiger partial charge in [-0.1, -0.05) is 25.4 Å². The maximum Gasteiger partial charge on any atom is 0.123 e. The van der Waals surface area contributed by atoms with Crippen molar-refractivity contribution in [3.8, 4) is 5.75 Å². The topological polar surface area (TPSA) is 52.5 Å². The number of hydrogen-bond acceptors (Lipinski definition) is 3. The summed E-state index contributed by atoms with van der Waals surface area (Å²) in [7, 11) is 0. The van der Waals surface area contributed by atoms with Gasteiger partial charge in [0.05, 0.1) is 6.61 Å². The molecule has 1 aromatic carbocycles. The van der Waals surface area contributed by atoms with E-state index in [1.54, 1.807) is 12.1 Å². The fourth-order valence-corrected chi connectivity index (χ4v) is 2.30. The maximum atomic E-state index is 9.98. The number of halogens is 1. The summed E-state index contributed by atoms with van der Waals surface area (Å²) in [5.74, 6) is 0.269. The zero-order valence-electron chi connectivity index (χ0n) is 11.3. The second-order valence-corrected chi connectivity index (χ2v) is 5.17. The van der Waals surface area contributed by atoms with E-state index < -0.39 is 0 Å². The first kappa shape index (κ1) is 15.3. The Morgan fingerprint density at radius 2 is 1.89 bits per heavy atom. The summed E-state index contributed by atoms with van der Waals surface area (Å²) in [4.78, 5) is 0. The molecule has 0 aliphatic heterocycles. The molecule has 0 spiro atoms. The standard InChI is InChI=1S/C14H22ClNO2/c1-4-14(5-2,9-17)16-8-11-7-12(15)6-10(3)13(11)18/h6-7,16-18H,4-5,8-9H2,1-3H3. The number of aromatic hydroxyl groups is 1. The van der Waals surface area contributed by atoms with Crippen LogP contribution in [0.15, 0.2) is 12.1 Å². The normalized spacial score (nSPS) is 11.8. The molecular formula is C14H22ClNO2. The van der Waals surface area contributed by atoms with Gasteiger partial charge in [0.1, 0.15) is 5.75 Å². The third kappa shape index (κ3) is 3.37. The number of aryl methyl sites for hydroxylation is 1. The molecule has 0 radical (unpaired) electrons. The quantitative estimate of drug-likeness (QED) is 0.746. The van der Waals surface area contributed by atoms with Crippen molar-refractivity contribution in [2.24, 2.45) is 0 Å². The Balaban J connectivity index is 2.86. The number of hydrogen-bond donors (Lipinski definition) is 3. The van der Waals surface area contributed by atoms with Gasteiger partial charge in [0.25, 0.3) is 0 Å². The molecular weight excluding hydrogens is 250 g/mol. The van der Waals surface area contributed by atoms with Crippen molar-refractivity contribution in [1.29, 1.82) is 0 Å². The minimum atomic E-state index is -0.289. The third-order valence-electron chi connectivity index (χ3n) is 3.65. The molecule has 0 heterocycles. The molecule has 3 N–H and O–H groups in total. The SMILES string of the molecule is CCC(CC)(CO)NCc1cc(Cl)cc(C)c1O. The first-order valence-corrected chi connectivity index (χ1v) is 6.69. The average Bonchev–Trinajstić information content (AvgIpc) is 2.37. The van der Waals surface area contributed by atoms with Gasteiger partial charge in [0.15, 0.2) is 0 Å². The molecule has 0 atom stereocenters. The second-order valence-electron chi connectivity index (χ2n) is 4.73. The molecule has 1 aromatic rings. The van der Waals surface area contributed by atoms with Crippen LogP contribution in [0.4, 0.5) is 0 Å². The van der Waals surface area contributed by atoms with Crippen molar-refractivity contribution >= 4 is 11.6 Å². The Morgan fingerprint density at radius 1 is 1.28 bits per heavy atom. The molecule has 3 nitrogen and oxygen atoms in total. The van der Waals surface area contributed by atoms with Crippen LogP contribution in [-0.4, -0.2) is 22.4 Å². The molecule has 18 heavy (non-hydrogen) atoms. The lowest BCUT2D eigenvalue weighted by atomic mass is 9.93. The van der Waals surface area contributed by atoms with E-state index in [0.29, 0.717) is 11.6 Å². The summed E-state index contributed by atoms with van der Waals surface area (Å²) < 4.78 is 0. The van der Waals surface area contributed by atoms with Crippen molar-refractivity contribution < 1.29 is 10.2 Å². The number of phenolic OH excluding ortho intramolecular Hbond substituents is 1. The molecule has 0 amide bonds. The van der Waals surface area contributed by atoms with E-state index in [1.165, 1.54) is 0 Å². The molecule has 0 aliphatic rings. The lowest BCUT2D eigenvalue weighted by Crippen LogP contribution is -2.47. The average molecular weight is 272 g/mol. The van der Waals surface area contributed by atoms with E-state index >= 15 is 0 Å². The highest BCUT2D eigenvalue weighted by atomic mass is 35.5. The number of phenols is 1. The summed E-state index contributed by atoms with van der Waals surface area (Å²) in [6.45, 7) is 6.48. The fraction of sp³-hybridized carbons (Fsp3) is 0.571. The van der Waals surface area contributed by atoms with E-state index in [1.807, 2.05) is 20.8 Å². The highest BCUT2D eigenvalue weighted by Crippen LogP contribution is 2.27. The second kappa shape index (κ2) is 6.41. The Bertz CT molecular complexity index is 395. The molecule has 0 fully saturated rings. The largest absolute Gasteiger partial charge is 0.507 e. The van der Waals surface area contributed by atoms with Crippen LogP contribution in [0, 0.1) is 6.92 Å². The Kier molecular flexibility index (Phi) is 5.45. The van der Waals surface area contributed by atoms with E-state index in [4.69, 9.17) is 11.6 Å². The summed E-state index contributed by atoms with van der Waals surface area (Å²) in [5.41, 5.74) is 1.24. The number of benzene rings is 1. The molecule has 0 bridgehead atoms. The minimum Gasteiger partial charge on any atom is -0.507 e. The highest BCUT2D eigenvalue weighted by molar-refractivity contribution is 6.30. The molecule has 0 aliphatic carbocycles. The van der Waals surface area contributed by atoms with Gasteiger partial charge in [-0.05, 0) is 37.5 Å². The summed E-state index contributed by atoms with van der Waals surface area (Å²) in [5, 5.41) is 23.4. The van der Waals surface area contributed by atoms with Crippen molar-refractivity contribution in [2.75, 3.05) is 6.61 Å². The molecule has 4 heteroatoms. The smallest absolute Gasteiger partial charge is 0.123 e. The number of aliphatic hydroxyl groups is 1. The highest BCUT2D eigenvalue weighted by Gasteiger charge is 2.24.